The van der Waals surface area contributed by atoms with Crippen LogP contribution in [-0.2, 0) is 10.8 Å². The third kappa shape index (κ3) is 4.62. The van der Waals surface area contributed by atoms with Gasteiger partial charge in [0.1, 0.15) is 0 Å². The Labute approximate surface area is 154 Å². The molecular weight excluding hydrogens is 320 g/mol. The largest absolute Gasteiger partial charge is 0.370 e. The Hall–Kier alpha value is -1.38. The van der Waals surface area contributed by atoms with Crippen molar-refractivity contribution in [2.24, 2.45) is 0 Å². The number of ether oxygens (including phenoxy) is 1. The van der Waals surface area contributed by atoms with E-state index in [0.717, 1.165) is 5.54 Å². The van der Waals surface area contributed by atoms with Crippen LogP contribution in [-0.4, -0.2) is 14.2 Å². The first-order valence-corrected chi connectivity index (χ1v) is 13.1. The first kappa shape index (κ1) is 18.4. The zero-order chi connectivity index (χ0) is 17.7. The minimum Gasteiger partial charge on any atom is -0.370 e. The highest BCUT2D eigenvalue weighted by atomic mass is 28.3. The lowest BCUT2D eigenvalue weighted by molar-refractivity contribution is 0.0384. The normalized spacial score (nSPS) is 23.7. The van der Waals surface area contributed by atoms with Crippen LogP contribution < -0.4 is 0 Å². The molecule has 134 valence electrons. The standard InChI is InChI=1S/C23H32OSi/c1-4-5-16-21-23(17-22(24-21)20-14-10-7-11-15-20)25(2,3)18-19-12-8-6-9-13-19/h6-15,21-23H,4-5,16-18H2,1-3H3/t21-,22?,23+/m1/s1. The maximum atomic E-state index is 6.62. The van der Waals surface area contributed by atoms with Gasteiger partial charge in [0.15, 0.2) is 0 Å². The quantitative estimate of drug-likeness (QED) is 0.512. The average Bonchev–Trinajstić information content (AvgIpc) is 3.06. The zero-order valence-electron chi connectivity index (χ0n) is 15.9. The molecule has 1 nitrogen and oxygen atoms in total. The summed E-state index contributed by atoms with van der Waals surface area (Å²) in [5.74, 6) is 0. The van der Waals surface area contributed by atoms with Crippen LogP contribution in [0, 0.1) is 0 Å². The molecule has 1 aliphatic heterocycles. The van der Waals surface area contributed by atoms with Crippen molar-refractivity contribution in [3.63, 3.8) is 0 Å². The van der Waals surface area contributed by atoms with Crippen LogP contribution in [0.15, 0.2) is 60.7 Å². The molecule has 0 spiro atoms. The molecule has 2 heteroatoms. The maximum Gasteiger partial charge on any atom is 0.0829 e. The lowest BCUT2D eigenvalue weighted by Crippen LogP contribution is -2.39. The van der Waals surface area contributed by atoms with E-state index in [1.165, 1.54) is 42.9 Å². The van der Waals surface area contributed by atoms with Gasteiger partial charge in [0.05, 0.1) is 20.3 Å². The van der Waals surface area contributed by atoms with Crippen molar-refractivity contribution in [2.75, 3.05) is 0 Å². The van der Waals surface area contributed by atoms with Crippen molar-refractivity contribution in [1.29, 1.82) is 0 Å². The van der Waals surface area contributed by atoms with E-state index in [4.69, 9.17) is 4.74 Å². The van der Waals surface area contributed by atoms with E-state index >= 15 is 0 Å². The lowest BCUT2D eigenvalue weighted by Gasteiger charge is -2.33. The van der Waals surface area contributed by atoms with Crippen LogP contribution in [0.3, 0.4) is 0 Å². The molecule has 3 rings (SSSR count). The van der Waals surface area contributed by atoms with Gasteiger partial charge in [-0.1, -0.05) is 99.1 Å². The van der Waals surface area contributed by atoms with Crippen molar-refractivity contribution >= 4 is 8.07 Å². The van der Waals surface area contributed by atoms with Crippen LogP contribution in [0.4, 0.5) is 0 Å². The third-order valence-corrected chi connectivity index (χ3v) is 9.71. The Balaban J connectivity index is 1.78. The van der Waals surface area contributed by atoms with E-state index in [2.05, 4.69) is 80.7 Å². The Morgan fingerprint density at radius 2 is 1.60 bits per heavy atom. The van der Waals surface area contributed by atoms with Crippen LogP contribution in [0.2, 0.25) is 18.6 Å². The van der Waals surface area contributed by atoms with E-state index in [1.807, 2.05) is 0 Å². The minimum atomic E-state index is -1.42. The molecule has 0 aromatic heterocycles. The molecule has 0 bridgehead atoms. The summed E-state index contributed by atoms with van der Waals surface area (Å²) in [5, 5.41) is 0. The molecule has 0 saturated carbocycles. The summed E-state index contributed by atoms with van der Waals surface area (Å²) in [4.78, 5) is 0. The molecule has 2 aromatic carbocycles. The van der Waals surface area contributed by atoms with E-state index in [1.54, 1.807) is 0 Å². The summed E-state index contributed by atoms with van der Waals surface area (Å²) in [5.41, 5.74) is 3.59. The summed E-state index contributed by atoms with van der Waals surface area (Å²) in [7, 11) is -1.42. The zero-order valence-corrected chi connectivity index (χ0v) is 16.9. The monoisotopic (exact) mass is 352 g/mol. The number of unbranched alkanes of at least 4 members (excludes halogenated alkanes) is 1. The fraction of sp³-hybridized carbons (Fsp3) is 0.478. The van der Waals surface area contributed by atoms with Gasteiger partial charge in [0, 0.05) is 0 Å². The molecule has 1 aliphatic rings. The second kappa shape index (κ2) is 8.33. The van der Waals surface area contributed by atoms with E-state index in [-0.39, 0.29) is 6.10 Å². The van der Waals surface area contributed by atoms with Gasteiger partial charge >= 0.3 is 0 Å². The van der Waals surface area contributed by atoms with Crippen molar-refractivity contribution in [2.45, 2.75) is 69.5 Å². The smallest absolute Gasteiger partial charge is 0.0829 e. The Kier molecular flexibility index (Phi) is 6.13. The fourth-order valence-corrected chi connectivity index (χ4v) is 8.03. The second-order valence-corrected chi connectivity index (χ2v) is 13.3. The van der Waals surface area contributed by atoms with Gasteiger partial charge in [-0.15, -0.1) is 0 Å². The molecule has 0 amide bonds. The SMILES string of the molecule is CCCC[C@H]1OC(c2ccccc2)C[C@@H]1[Si](C)(C)Cc1ccccc1. The van der Waals surface area contributed by atoms with Crippen LogP contribution >= 0.6 is 0 Å². The highest BCUT2D eigenvalue weighted by molar-refractivity contribution is 6.78. The predicted octanol–water partition coefficient (Wildman–Crippen LogP) is 6.57. The van der Waals surface area contributed by atoms with Crippen LogP contribution in [0.1, 0.15) is 49.8 Å². The molecule has 3 atom stereocenters. The van der Waals surface area contributed by atoms with Crippen molar-refractivity contribution in [3.05, 3.63) is 71.8 Å². The molecule has 0 radical (unpaired) electrons. The predicted molar refractivity (Wildman–Crippen MR) is 110 cm³/mol. The Morgan fingerprint density at radius 3 is 2.24 bits per heavy atom. The molecule has 1 fully saturated rings. The van der Waals surface area contributed by atoms with E-state index < -0.39 is 8.07 Å². The third-order valence-electron chi connectivity index (χ3n) is 5.78. The number of rotatable bonds is 7. The molecule has 1 unspecified atom stereocenters. The summed E-state index contributed by atoms with van der Waals surface area (Å²) in [6, 6.07) is 23.1. The molecule has 0 N–H and O–H groups in total. The Morgan fingerprint density at radius 1 is 0.960 bits per heavy atom. The molecule has 25 heavy (non-hydrogen) atoms. The van der Waals surface area contributed by atoms with Gasteiger partial charge in [-0.3, -0.25) is 0 Å². The molecule has 0 aliphatic carbocycles. The van der Waals surface area contributed by atoms with Crippen LogP contribution in [0.5, 0.6) is 0 Å². The number of hydrogen-bond donors (Lipinski definition) is 0. The molecule has 2 aromatic rings. The van der Waals surface area contributed by atoms with Gasteiger partial charge in [-0.2, -0.15) is 0 Å². The first-order chi connectivity index (χ1) is 12.1. The van der Waals surface area contributed by atoms with Gasteiger partial charge < -0.3 is 4.74 Å². The maximum absolute atomic E-state index is 6.62. The number of hydrogen-bond acceptors (Lipinski definition) is 1. The summed E-state index contributed by atoms with van der Waals surface area (Å²) >= 11 is 0. The van der Waals surface area contributed by atoms with E-state index in [0.29, 0.717) is 6.10 Å². The molecule has 1 heterocycles. The highest BCUT2D eigenvalue weighted by Gasteiger charge is 2.44. The van der Waals surface area contributed by atoms with Crippen molar-refractivity contribution < 1.29 is 4.74 Å². The van der Waals surface area contributed by atoms with Gasteiger partial charge in [0.2, 0.25) is 0 Å². The van der Waals surface area contributed by atoms with Crippen molar-refractivity contribution in [3.8, 4) is 0 Å². The topological polar surface area (TPSA) is 9.23 Å². The Bertz CT molecular complexity index is 638. The second-order valence-electron chi connectivity index (χ2n) is 8.21. The van der Waals surface area contributed by atoms with Gasteiger partial charge in [-0.25, -0.2) is 0 Å². The van der Waals surface area contributed by atoms with Crippen molar-refractivity contribution in [1.82, 2.24) is 0 Å². The summed E-state index contributed by atoms with van der Waals surface area (Å²) in [6.07, 6.45) is 5.67. The number of benzene rings is 2. The minimum absolute atomic E-state index is 0.288. The van der Waals surface area contributed by atoms with Gasteiger partial charge in [0.25, 0.3) is 0 Å². The summed E-state index contributed by atoms with van der Waals surface area (Å²) < 4.78 is 6.62. The molecular formula is C23H32OSi. The highest BCUT2D eigenvalue weighted by Crippen LogP contribution is 2.48. The van der Waals surface area contributed by atoms with E-state index in [9.17, 15) is 0 Å². The fourth-order valence-electron chi connectivity index (χ4n) is 4.38. The van der Waals surface area contributed by atoms with Gasteiger partial charge in [-0.05, 0) is 30.0 Å². The summed E-state index contributed by atoms with van der Waals surface area (Å²) in [6.45, 7) is 7.42. The molecule has 1 saturated heterocycles. The first-order valence-electron chi connectivity index (χ1n) is 9.84. The average molecular weight is 353 g/mol. The van der Waals surface area contributed by atoms with Crippen LogP contribution in [0.25, 0.3) is 0 Å². The lowest BCUT2D eigenvalue weighted by atomic mass is 10.0.